The van der Waals surface area contributed by atoms with Crippen molar-refractivity contribution in [1.29, 1.82) is 0 Å². The van der Waals surface area contributed by atoms with E-state index in [9.17, 15) is 0 Å². The molecule has 0 aliphatic carbocycles. The Kier molecular flexibility index (Phi) is 11.3. The second-order valence-corrected chi connectivity index (χ2v) is 11.8. The number of ether oxygens (including phenoxy) is 3. The molecule has 0 saturated carbocycles. The van der Waals surface area contributed by atoms with Crippen LogP contribution in [0.4, 0.5) is 0 Å². The summed E-state index contributed by atoms with van der Waals surface area (Å²) in [6.45, 7) is 24.7. The molecule has 0 radical (unpaired) electrons. The van der Waals surface area contributed by atoms with Gasteiger partial charge in [0, 0.05) is 0 Å². The van der Waals surface area contributed by atoms with Crippen LogP contribution >= 0.6 is 0 Å². The maximum absolute atomic E-state index is 6.34. The highest BCUT2D eigenvalue weighted by Gasteiger charge is 2.18. The predicted molar refractivity (Wildman–Crippen MR) is 183 cm³/mol. The van der Waals surface area contributed by atoms with Crippen LogP contribution in [0.1, 0.15) is 74.9 Å². The summed E-state index contributed by atoms with van der Waals surface area (Å²) in [5.74, 6) is 1.93. The number of aromatic nitrogens is 3. The summed E-state index contributed by atoms with van der Waals surface area (Å²) < 4.78 is 19.0. The van der Waals surface area contributed by atoms with E-state index in [2.05, 4.69) is 73.7 Å². The molecule has 4 aromatic rings. The summed E-state index contributed by atoms with van der Waals surface area (Å²) >= 11 is 0. The topological polar surface area (TPSA) is 66.4 Å². The van der Waals surface area contributed by atoms with Gasteiger partial charge in [0.05, 0.1) is 0 Å². The van der Waals surface area contributed by atoms with Gasteiger partial charge in [-0.25, -0.2) is 0 Å². The second kappa shape index (κ2) is 15.3. The van der Waals surface area contributed by atoms with Crippen molar-refractivity contribution >= 4 is 0 Å². The van der Waals surface area contributed by atoms with Gasteiger partial charge in [0.1, 0.15) is 17.2 Å². The molecule has 0 amide bonds. The number of rotatable bonds is 15. The Morgan fingerprint density at radius 1 is 0.489 bits per heavy atom. The monoisotopic (exact) mass is 603 g/mol. The molecule has 1 heterocycles. The lowest BCUT2D eigenvalue weighted by Crippen LogP contribution is -2.04. The molecule has 0 unspecified atom stereocenters. The minimum atomic E-state index is 0.0699. The van der Waals surface area contributed by atoms with Gasteiger partial charge in [-0.15, -0.1) is 15.0 Å². The van der Waals surface area contributed by atoms with E-state index < -0.39 is 0 Å². The molecular weight excluding hydrogens is 558 g/mol. The van der Waals surface area contributed by atoms with Crippen molar-refractivity contribution < 1.29 is 14.2 Å². The fraction of sp³-hybridized carbons (Fsp3) is 0.308. The van der Waals surface area contributed by atoms with Gasteiger partial charge >= 0.3 is 18.0 Å². The Morgan fingerprint density at radius 3 is 0.978 bits per heavy atom. The first-order valence-corrected chi connectivity index (χ1v) is 15.6. The highest BCUT2D eigenvalue weighted by atomic mass is 16.5. The largest absolute Gasteiger partial charge is 0.424 e. The molecule has 6 nitrogen and oxygen atoms in total. The van der Waals surface area contributed by atoms with E-state index in [1.807, 2.05) is 57.2 Å². The van der Waals surface area contributed by atoms with Gasteiger partial charge in [-0.1, -0.05) is 93.6 Å². The molecule has 1 aromatic heterocycles. The summed E-state index contributed by atoms with van der Waals surface area (Å²) in [7, 11) is 0. The molecule has 0 N–H and O–H groups in total. The molecule has 3 aromatic carbocycles. The minimum Gasteiger partial charge on any atom is -0.424 e. The smallest absolute Gasteiger partial charge is 0.331 e. The highest BCUT2D eigenvalue weighted by molar-refractivity contribution is 5.44. The molecule has 0 bridgehead atoms. The molecule has 0 fully saturated rings. The number of benzene rings is 3. The van der Waals surface area contributed by atoms with E-state index in [0.717, 1.165) is 52.7 Å². The minimum absolute atomic E-state index is 0.0699. The van der Waals surface area contributed by atoms with E-state index >= 15 is 0 Å². The Balaban J connectivity index is 1.79. The first-order valence-electron chi connectivity index (χ1n) is 15.6. The van der Waals surface area contributed by atoms with Gasteiger partial charge in [0.15, 0.2) is 0 Å². The first kappa shape index (κ1) is 33.2. The molecule has 0 spiro atoms. The Morgan fingerprint density at radius 2 is 0.756 bits per heavy atom. The Bertz CT molecular complexity index is 1500. The number of allylic oxidation sites excluding steroid dienone is 3. The van der Waals surface area contributed by atoms with Crippen LogP contribution < -0.4 is 14.2 Å². The number of aryl methyl sites for hydroxylation is 3. The van der Waals surface area contributed by atoms with Crippen LogP contribution in [0, 0.1) is 0 Å². The lowest BCUT2D eigenvalue weighted by molar-refractivity contribution is 0.359. The van der Waals surface area contributed by atoms with Crippen molar-refractivity contribution in [2.75, 3.05) is 0 Å². The molecule has 0 saturated heterocycles. The molecule has 6 heteroatoms. The van der Waals surface area contributed by atoms with E-state index in [1.54, 1.807) is 0 Å². The number of nitrogens with zero attached hydrogens (tertiary/aromatic N) is 3. The molecular formula is C39H45N3O3. The number of hydrogen-bond acceptors (Lipinski definition) is 6. The average Bonchev–Trinajstić information content (AvgIpc) is 2.99. The molecule has 4 rings (SSSR count). The van der Waals surface area contributed by atoms with Crippen LogP contribution in [0.5, 0.6) is 35.3 Å². The maximum Gasteiger partial charge on any atom is 0.331 e. The van der Waals surface area contributed by atoms with Crippen molar-refractivity contribution in [2.45, 2.75) is 80.1 Å². The second-order valence-electron chi connectivity index (χ2n) is 11.8. The SMILES string of the molecule is C=C(C)Cc1cc(CC)ccc1Oc1nc(Oc2ccc(CC)cc2CC(=C)C)nc(Oc2ccc(CC)cc2CC(=C)C)n1. The van der Waals surface area contributed by atoms with Crippen molar-refractivity contribution in [1.82, 2.24) is 15.0 Å². The fourth-order valence-electron chi connectivity index (χ4n) is 5.00. The van der Waals surface area contributed by atoms with Gasteiger partial charge in [-0.3, -0.25) is 0 Å². The van der Waals surface area contributed by atoms with E-state index in [0.29, 0.717) is 36.5 Å². The Hall–Kier alpha value is -4.71. The number of hydrogen-bond donors (Lipinski definition) is 0. The van der Waals surface area contributed by atoms with Crippen LogP contribution in [-0.4, -0.2) is 15.0 Å². The van der Waals surface area contributed by atoms with Crippen LogP contribution in [0.3, 0.4) is 0 Å². The van der Waals surface area contributed by atoms with Gasteiger partial charge < -0.3 is 14.2 Å². The molecule has 0 aliphatic heterocycles. The van der Waals surface area contributed by atoms with Crippen molar-refractivity contribution in [3.63, 3.8) is 0 Å². The summed E-state index contributed by atoms with van der Waals surface area (Å²) in [5.41, 5.74) is 9.73. The zero-order valence-corrected chi connectivity index (χ0v) is 27.6. The Labute approximate surface area is 268 Å². The van der Waals surface area contributed by atoms with Gasteiger partial charge in [-0.2, -0.15) is 0 Å². The third-order valence-electron chi connectivity index (χ3n) is 7.25. The normalized spacial score (nSPS) is 10.8. The van der Waals surface area contributed by atoms with Crippen molar-refractivity contribution in [3.8, 4) is 35.3 Å². The summed E-state index contributed by atoms with van der Waals surface area (Å²) in [6, 6.07) is 18.6. The van der Waals surface area contributed by atoms with Crippen molar-refractivity contribution in [2.24, 2.45) is 0 Å². The van der Waals surface area contributed by atoms with Gasteiger partial charge in [0.2, 0.25) is 0 Å². The standard InChI is InChI=1S/C39H45N3O3/c1-10-28-13-16-34(31(22-28)19-25(4)5)43-37-40-38(44-35-17-14-29(11-2)23-32(35)20-26(6)7)42-39(41-37)45-36-18-15-30(12-3)24-33(36)21-27(8)9/h13-18,22-24H,4,6,8,10-12,19-21H2,1-3,5,7,9H3. The molecule has 45 heavy (non-hydrogen) atoms. The van der Waals surface area contributed by atoms with Crippen LogP contribution in [0.2, 0.25) is 0 Å². The van der Waals surface area contributed by atoms with E-state index in [-0.39, 0.29) is 18.0 Å². The van der Waals surface area contributed by atoms with E-state index in [1.165, 1.54) is 16.7 Å². The van der Waals surface area contributed by atoms with Crippen LogP contribution in [0.15, 0.2) is 91.1 Å². The van der Waals surface area contributed by atoms with Crippen molar-refractivity contribution in [3.05, 3.63) is 124 Å². The quantitative estimate of drug-likeness (QED) is 0.126. The average molecular weight is 604 g/mol. The first-order chi connectivity index (χ1) is 21.6. The molecule has 234 valence electrons. The van der Waals surface area contributed by atoms with Gasteiger partial charge in [0.25, 0.3) is 0 Å². The third-order valence-corrected chi connectivity index (χ3v) is 7.25. The maximum atomic E-state index is 6.34. The highest BCUT2D eigenvalue weighted by Crippen LogP contribution is 2.33. The zero-order chi connectivity index (χ0) is 32.5. The summed E-state index contributed by atoms with van der Waals surface area (Å²) in [6.07, 6.45) is 4.75. The fourth-order valence-corrected chi connectivity index (χ4v) is 5.00. The lowest BCUT2D eigenvalue weighted by atomic mass is 10.0. The lowest BCUT2D eigenvalue weighted by Gasteiger charge is -2.15. The van der Waals surface area contributed by atoms with Crippen LogP contribution in [0.25, 0.3) is 0 Å². The molecule has 0 aliphatic rings. The molecule has 0 atom stereocenters. The summed E-state index contributed by atoms with van der Waals surface area (Å²) in [5, 5.41) is 0. The van der Waals surface area contributed by atoms with Crippen LogP contribution in [-0.2, 0) is 38.5 Å². The van der Waals surface area contributed by atoms with E-state index in [4.69, 9.17) is 14.2 Å². The predicted octanol–water partition coefficient (Wildman–Crippen LogP) is 10.3. The third kappa shape index (κ3) is 9.39. The van der Waals surface area contributed by atoms with Gasteiger partial charge in [-0.05, 0) is 111 Å². The zero-order valence-electron chi connectivity index (χ0n) is 27.6. The summed E-state index contributed by atoms with van der Waals surface area (Å²) in [4.78, 5) is 13.8.